The maximum Gasteiger partial charge on any atom is 0.299 e. The van der Waals surface area contributed by atoms with E-state index < -0.39 is 5.91 Å². The standard InChI is InChI=1S/C22H15BrN4O4/c23-13-6-8-17-15(10-13)19(22(31)25-17)26-27-21(30)16-11-14(7-9-18(16)28)24-20(29)12-4-2-1-3-5-12/h1-11,25,28,31H,(H,24,29). The molecule has 154 valence electrons. The first-order chi connectivity index (χ1) is 14.9. The summed E-state index contributed by atoms with van der Waals surface area (Å²) in [7, 11) is 0. The van der Waals surface area contributed by atoms with E-state index in [4.69, 9.17) is 0 Å². The molecule has 0 saturated heterocycles. The number of benzene rings is 3. The average Bonchev–Trinajstić information content (AvgIpc) is 3.08. The van der Waals surface area contributed by atoms with E-state index in [2.05, 4.69) is 36.5 Å². The highest BCUT2D eigenvalue weighted by Crippen LogP contribution is 2.37. The van der Waals surface area contributed by atoms with Crippen molar-refractivity contribution in [2.75, 3.05) is 5.32 Å². The van der Waals surface area contributed by atoms with Crippen molar-refractivity contribution < 1.29 is 19.8 Å². The molecule has 1 aromatic heterocycles. The van der Waals surface area contributed by atoms with Crippen molar-refractivity contribution in [1.82, 2.24) is 4.98 Å². The van der Waals surface area contributed by atoms with Crippen LogP contribution in [0.5, 0.6) is 11.6 Å². The number of aromatic hydroxyl groups is 2. The first-order valence-corrected chi connectivity index (χ1v) is 9.87. The third-order valence-corrected chi connectivity index (χ3v) is 4.97. The number of carbonyl (C=O) groups excluding carboxylic acids is 2. The third-order valence-electron chi connectivity index (χ3n) is 4.48. The van der Waals surface area contributed by atoms with Crippen molar-refractivity contribution in [3.8, 4) is 11.6 Å². The second kappa shape index (κ2) is 8.41. The van der Waals surface area contributed by atoms with Gasteiger partial charge in [0.05, 0.1) is 11.1 Å². The molecule has 0 atom stereocenters. The summed E-state index contributed by atoms with van der Waals surface area (Å²) in [5, 5.41) is 30.9. The van der Waals surface area contributed by atoms with Gasteiger partial charge >= 0.3 is 0 Å². The lowest BCUT2D eigenvalue weighted by Crippen LogP contribution is -2.12. The molecule has 4 aromatic rings. The minimum atomic E-state index is -0.836. The number of hydrogen-bond donors (Lipinski definition) is 4. The Labute approximate surface area is 184 Å². The molecule has 0 saturated carbocycles. The van der Waals surface area contributed by atoms with Crippen molar-refractivity contribution in [2.45, 2.75) is 0 Å². The predicted octanol–water partition coefficient (Wildman–Crippen LogP) is 5.52. The summed E-state index contributed by atoms with van der Waals surface area (Å²) in [5.41, 5.74) is 1.33. The third kappa shape index (κ3) is 4.31. The quantitative estimate of drug-likeness (QED) is 0.227. The molecule has 31 heavy (non-hydrogen) atoms. The topological polar surface area (TPSA) is 127 Å². The number of nitrogens with one attached hydrogen (secondary N) is 2. The highest BCUT2D eigenvalue weighted by atomic mass is 79.9. The molecule has 0 aliphatic carbocycles. The van der Waals surface area contributed by atoms with Gasteiger partial charge in [-0.2, -0.15) is 0 Å². The number of phenolic OH excluding ortho intramolecular Hbond substituents is 1. The van der Waals surface area contributed by atoms with Gasteiger partial charge in [0, 0.05) is 21.1 Å². The number of H-pyrrole nitrogens is 1. The molecule has 0 bridgehead atoms. The minimum absolute atomic E-state index is 0.0951. The van der Waals surface area contributed by atoms with Gasteiger partial charge in [-0.25, -0.2) is 0 Å². The maximum absolute atomic E-state index is 12.5. The van der Waals surface area contributed by atoms with Crippen LogP contribution in [0.4, 0.5) is 11.4 Å². The highest BCUT2D eigenvalue weighted by molar-refractivity contribution is 9.10. The molecule has 0 radical (unpaired) electrons. The van der Waals surface area contributed by atoms with Crippen LogP contribution >= 0.6 is 15.9 Å². The normalized spacial score (nSPS) is 11.1. The number of hydrogen-bond acceptors (Lipinski definition) is 5. The van der Waals surface area contributed by atoms with Crippen LogP contribution in [0.1, 0.15) is 20.7 Å². The lowest BCUT2D eigenvalue weighted by molar-refractivity contribution is 0.0989. The van der Waals surface area contributed by atoms with Gasteiger partial charge in [-0.1, -0.05) is 34.1 Å². The molecule has 2 amide bonds. The summed E-state index contributed by atoms with van der Waals surface area (Å²) >= 11 is 3.34. The number of phenols is 1. The fraction of sp³-hybridized carbons (Fsp3) is 0. The van der Waals surface area contributed by atoms with E-state index in [0.29, 0.717) is 22.2 Å². The molecule has 0 aliphatic heterocycles. The Bertz CT molecular complexity index is 1330. The molecular formula is C22H15BrN4O4. The zero-order chi connectivity index (χ0) is 22.0. The second-order valence-corrected chi connectivity index (χ2v) is 7.49. The van der Waals surface area contributed by atoms with Crippen LogP contribution in [-0.2, 0) is 0 Å². The van der Waals surface area contributed by atoms with Crippen LogP contribution < -0.4 is 5.32 Å². The molecule has 0 aliphatic rings. The number of aromatic amines is 1. The van der Waals surface area contributed by atoms with E-state index in [1.807, 2.05) is 0 Å². The minimum Gasteiger partial charge on any atom is -0.507 e. The molecule has 4 rings (SSSR count). The Balaban J connectivity index is 1.59. The number of nitrogens with zero attached hydrogens (tertiary/aromatic N) is 2. The summed E-state index contributed by atoms with van der Waals surface area (Å²) < 4.78 is 0.765. The van der Waals surface area contributed by atoms with Gasteiger partial charge in [-0.3, -0.25) is 9.59 Å². The maximum atomic E-state index is 12.5. The van der Waals surface area contributed by atoms with E-state index in [1.165, 1.54) is 18.2 Å². The van der Waals surface area contributed by atoms with Crippen LogP contribution in [0.15, 0.2) is 81.4 Å². The van der Waals surface area contributed by atoms with Gasteiger partial charge in [0.1, 0.15) is 5.75 Å². The fourth-order valence-corrected chi connectivity index (χ4v) is 3.33. The average molecular weight is 479 g/mol. The summed E-state index contributed by atoms with van der Waals surface area (Å²) in [6, 6.07) is 17.9. The van der Waals surface area contributed by atoms with Crippen LogP contribution in [0.25, 0.3) is 10.9 Å². The Morgan fingerprint density at radius 2 is 1.74 bits per heavy atom. The van der Waals surface area contributed by atoms with Gasteiger partial charge in [-0.05, 0) is 48.5 Å². The van der Waals surface area contributed by atoms with Crippen LogP contribution in [0.2, 0.25) is 0 Å². The highest BCUT2D eigenvalue weighted by Gasteiger charge is 2.15. The largest absolute Gasteiger partial charge is 0.507 e. The monoisotopic (exact) mass is 478 g/mol. The smallest absolute Gasteiger partial charge is 0.299 e. The number of rotatable bonds is 4. The van der Waals surface area contributed by atoms with Crippen molar-refractivity contribution in [3.05, 3.63) is 82.3 Å². The number of anilines is 1. The number of aromatic nitrogens is 1. The molecule has 4 N–H and O–H groups in total. The Morgan fingerprint density at radius 3 is 2.52 bits per heavy atom. The van der Waals surface area contributed by atoms with E-state index in [-0.39, 0.29) is 28.8 Å². The van der Waals surface area contributed by atoms with Crippen LogP contribution in [0, 0.1) is 0 Å². The molecule has 8 nitrogen and oxygen atoms in total. The number of amides is 2. The second-order valence-electron chi connectivity index (χ2n) is 6.57. The Morgan fingerprint density at radius 1 is 0.968 bits per heavy atom. The van der Waals surface area contributed by atoms with Crippen LogP contribution in [-0.4, -0.2) is 27.0 Å². The lowest BCUT2D eigenvalue weighted by atomic mass is 10.1. The summed E-state index contributed by atoms with van der Waals surface area (Å²) in [5.74, 6) is -1.75. The molecule has 0 unspecified atom stereocenters. The Hall–Kier alpha value is -3.98. The number of halogens is 1. The van der Waals surface area contributed by atoms with Gasteiger partial charge in [0.2, 0.25) is 5.88 Å². The van der Waals surface area contributed by atoms with E-state index in [1.54, 1.807) is 48.5 Å². The van der Waals surface area contributed by atoms with Gasteiger partial charge in [0.25, 0.3) is 11.8 Å². The fourth-order valence-electron chi connectivity index (χ4n) is 2.96. The first kappa shape index (κ1) is 20.3. The lowest BCUT2D eigenvalue weighted by Gasteiger charge is -2.07. The van der Waals surface area contributed by atoms with E-state index >= 15 is 0 Å². The molecule has 1 heterocycles. The van der Waals surface area contributed by atoms with Crippen molar-refractivity contribution >= 4 is 50.0 Å². The number of azo groups is 1. The molecule has 9 heteroatoms. The number of carbonyl (C=O) groups is 2. The van der Waals surface area contributed by atoms with Gasteiger partial charge in [-0.15, -0.1) is 10.2 Å². The summed E-state index contributed by atoms with van der Waals surface area (Å²) in [4.78, 5) is 27.6. The number of fused-ring (bicyclic) bond motifs is 1. The summed E-state index contributed by atoms with van der Waals surface area (Å²) in [6.45, 7) is 0. The molecular weight excluding hydrogens is 464 g/mol. The van der Waals surface area contributed by atoms with Gasteiger partial charge in [0.15, 0.2) is 5.69 Å². The zero-order valence-corrected chi connectivity index (χ0v) is 17.4. The predicted molar refractivity (Wildman–Crippen MR) is 119 cm³/mol. The van der Waals surface area contributed by atoms with Crippen molar-refractivity contribution in [2.24, 2.45) is 10.2 Å². The first-order valence-electron chi connectivity index (χ1n) is 9.08. The molecule has 3 aromatic carbocycles. The SMILES string of the molecule is O=C(Nc1ccc(O)c(C(=O)N=Nc2c(O)[nH]c3ccc(Br)cc23)c1)c1ccccc1. The van der Waals surface area contributed by atoms with E-state index in [9.17, 15) is 19.8 Å². The zero-order valence-electron chi connectivity index (χ0n) is 15.8. The Kier molecular flexibility index (Phi) is 5.50. The van der Waals surface area contributed by atoms with Crippen molar-refractivity contribution in [1.29, 1.82) is 0 Å². The van der Waals surface area contributed by atoms with E-state index in [0.717, 1.165) is 4.47 Å². The molecule has 0 fully saturated rings. The van der Waals surface area contributed by atoms with Gasteiger partial charge < -0.3 is 20.5 Å². The molecule has 0 spiro atoms. The van der Waals surface area contributed by atoms with Crippen molar-refractivity contribution in [3.63, 3.8) is 0 Å². The summed E-state index contributed by atoms with van der Waals surface area (Å²) in [6.07, 6.45) is 0. The van der Waals surface area contributed by atoms with Crippen LogP contribution in [0.3, 0.4) is 0 Å².